The second-order valence-electron chi connectivity index (χ2n) is 5.81. The molecule has 4 nitrogen and oxygen atoms in total. The number of carbonyl (C=O) groups excluding carboxylic acids is 2. The van der Waals surface area contributed by atoms with Gasteiger partial charge >= 0.3 is 0 Å². The summed E-state index contributed by atoms with van der Waals surface area (Å²) >= 11 is 0.887. The quantitative estimate of drug-likeness (QED) is 0.817. The molecule has 0 saturated carbocycles. The molecular weight excluding hydrogens is 339 g/mol. The van der Waals surface area contributed by atoms with Crippen LogP contribution in [0.2, 0.25) is 0 Å². The van der Waals surface area contributed by atoms with Crippen molar-refractivity contribution in [1.29, 1.82) is 0 Å². The predicted octanol–water partition coefficient (Wildman–Crippen LogP) is 4.55. The van der Waals surface area contributed by atoms with Crippen LogP contribution in [0.5, 0.6) is 0 Å². The van der Waals surface area contributed by atoms with Gasteiger partial charge in [0.1, 0.15) is 5.82 Å². The van der Waals surface area contributed by atoms with E-state index >= 15 is 0 Å². The first-order valence-corrected chi connectivity index (χ1v) is 8.58. The van der Waals surface area contributed by atoms with Gasteiger partial charge in [0, 0.05) is 5.69 Å². The molecule has 0 unspecified atom stereocenters. The van der Waals surface area contributed by atoms with E-state index in [9.17, 15) is 14.0 Å². The van der Waals surface area contributed by atoms with Crippen molar-refractivity contribution in [3.63, 3.8) is 0 Å². The molecule has 2 aromatic rings. The molecule has 0 spiro atoms. The minimum atomic E-state index is -0.350. The number of nitrogens with zero attached hydrogens (tertiary/aromatic N) is 1. The van der Waals surface area contributed by atoms with Crippen LogP contribution in [0, 0.1) is 19.7 Å². The smallest absolute Gasteiger partial charge is 0.295 e. The molecular formula is C19H17FN2O2S. The lowest BCUT2D eigenvalue weighted by atomic mass is 10.1. The largest absolute Gasteiger partial charge is 0.367 e. The van der Waals surface area contributed by atoms with Gasteiger partial charge in [-0.3, -0.25) is 14.5 Å². The molecule has 1 fully saturated rings. The molecule has 1 saturated heterocycles. The molecule has 25 heavy (non-hydrogen) atoms. The number of amides is 2. The summed E-state index contributed by atoms with van der Waals surface area (Å²) in [5.74, 6) is -0.695. The van der Waals surface area contributed by atoms with Crippen molar-refractivity contribution in [2.45, 2.75) is 13.8 Å². The number of anilines is 1. The standard InChI is InChI=1S/C19H17FN2O2S/c1-12-3-8-16(13(2)9-12)21-11-22-18(23)17(25-19(22)24)10-14-4-6-15(20)7-5-14/h3-10,21H,11H2,1-2H3. The normalized spacial score (nSPS) is 16.0. The second-order valence-corrected chi connectivity index (χ2v) is 6.81. The average Bonchev–Trinajstić information content (AvgIpc) is 2.83. The first kappa shape index (κ1) is 17.2. The molecule has 2 aromatic carbocycles. The molecule has 0 aromatic heterocycles. The van der Waals surface area contributed by atoms with Gasteiger partial charge in [0.2, 0.25) is 0 Å². The first-order chi connectivity index (χ1) is 11.9. The third kappa shape index (κ3) is 3.91. The zero-order chi connectivity index (χ0) is 18.0. The molecule has 6 heteroatoms. The van der Waals surface area contributed by atoms with Crippen LogP contribution in [0.4, 0.5) is 14.9 Å². The Morgan fingerprint density at radius 3 is 2.52 bits per heavy atom. The van der Waals surface area contributed by atoms with E-state index in [1.165, 1.54) is 17.0 Å². The van der Waals surface area contributed by atoms with E-state index < -0.39 is 0 Å². The second kappa shape index (κ2) is 7.11. The van der Waals surface area contributed by atoms with E-state index in [1.54, 1.807) is 18.2 Å². The van der Waals surface area contributed by atoms with Gasteiger partial charge in [-0.25, -0.2) is 4.39 Å². The Labute approximate surface area is 149 Å². The number of hydrogen-bond donors (Lipinski definition) is 1. The Kier molecular flexibility index (Phi) is 4.90. The van der Waals surface area contributed by atoms with Gasteiger partial charge in [-0.15, -0.1) is 0 Å². The van der Waals surface area contributed by atoms with Crippen LogP contribution in [-0.4, -0.2) is 22.7 Å². The number of halogens is 1. The van der Waals surface area contributed by atoms with Gasteiger partial charge in [-0.05, 0) is 61.0 Å². The Bertz CT molecular complexity index is 862. The molecule has 1 aliphatic heterocycles. The van der Waals surface area contributed by atoms with E-state index in [1.807, 2.05) is 32.0 Å². The van der Waals surface area contributed by atoms with Crippen LogP contribution in [0.3, 0.4) is 0 Å². The number of benzene rings is 2. The van der Waals surface area contributed by atoms with Crippen LogP contribution in [0.1, 0.15) is 16.7 Å². The number of aryl methyl sites for hydroxylation is 2. The maximum absolute atomic E-state index is 13.0. The van der Waals surface area contributed by atoms with E-state index in [-0.39, 0.29) is 23.6 Å². The molecule has 3 rings (SSSR count). The summed E-state index contributed by atoms with van der Waals surface area (Å²) in [5, 5.41) is 2.81. The number of rotatable bonds is 4. The van der Waals surface area contributed by atoms with Crippen LogP contribution >= 0.6 is 11.8 Å². The van der Waals surface area contributed by atoms with Crippen LogP contribution in [0.15, 0.2) is 47.4 Å². The summed E-state index contributed by atoms with van der Waals surface area (Å²) in [4.78, 5) is 26.1. The highest BCUT2D eigenvalue weighted by molar-refractivity contribution is 8.18. The third-order valence-corrected chi connectivity index (χ3v) is 4.76. The number of hydrogen-bond acceptors (Lipinski definition) is 4. The predicted molar refractivity (Wildman–Crippen MR) is 98.6 cm³/mol. The van der Waals surface area contributed by atoms with Crippen molar-refractivity contribution in [2.75, 3.05) is 12.0 Å². The number of thioether (sulfide) groups is 1. The van der Waals surface area contributed by atoms with Gasteiger partial charge in [0.05, 0.1) is 11.6 Å². The van der Waals surface area contributed by atoms with E-state index in [4.69, 9.17) is 0 Å². The van der Waals surface area contributed by atoms with Crippen molar-refractivity contribution < 1.29 is 14.0 Å². The maximum Gasteiger partial charge on any atom is 0.295 e. The summed E-state index contributed by atoms with van der Waals surface area (Å²) in [5.41, 5.74) is 3.76. The minimum Gasteiger partial charge on any atom is -0.367 e. The molecule has 0 bridgehead atoms. The lowest BCUT2D eigenvalue weighted by molar-refractivity contribution is -0.122. The number of carbonyl (C=O) groups is 2. The third-order valence-electron chi connectivity index (χ3n) is 3.85. The minimum absolute atomic E-state index is 0.106. The van der Waals surface area contributed by atoms with Crippen molar-refractivity contribution in [3.05, 3.63) is 69.9 Å². The fourth-order valence-electron chi connectivity index (χ4n) is 2.52. The van der Waals surface area contributed by atoms with E-state index in [2.05, 4.69) is 5.32 Å². The molecule has 2 amide bonds. The summed E-state index contributed by atoms with van der Waals surface area (Å²) in [6.07, 6.45) is 1.60. The molecule has 1 aliphatic rings. The first-order valence-electron chi connectivity index (χ1n) is 7.76. The van der Waals surface area contributed by atoms with Gasteiger partial charge in [-0.2, -0.15) is 0 Å². The van der Waals surface area contributed by atoms with Crippen molar-refractivity contribution in [2.24, 2.45) is 0 Å². The van der Waals surface area contributed by atoms with Gasteiger partial charge in [0.25, 0.3) is 11.1 Å². The summed E-state index contributed by atoms with van der Waals surface area (Å²) in [6.45, 7) is 4.08. The molecule has 1 N–H and O–H groups in total. The van der Waals surface area contributed by atoms with E-state index in [0.717, 1.165) is 28.6 Å². The molecule has 0 radical (unpaired) electrons. The Hall–Kier alpha value is -2.60. The van der Waals surface area contributed by atoms with Crippen molar-refractivity contribution >= 4 is 34.7 Å². The maximum atomic E-state index is 13.0. The fourth-order valence-corrected chi connectivity index (χ4v) is 3.36. The van der Waals surface area contributed by atoms with Crippen LogP contribution in [0.25, 0.3) is 6.08 Å². The van der Waals surface area contributed by atoms with E-state index in [0.29, 0.717) is 10.5 Å². The zero-order valence-electron chi connectivity index (χ0n) is 13.9. The fraction of sp³-hybridized carbons (Fsp3) is 0.158. The molecule has 128 valence electrons. The highest BCUT2D eigenvalue weighted by atomic mass is 32.2. The highest BCUT2D eigenvalue weighted by Crippen LogP contribution is 2.32. The van der Waals surface area contributed by atoms with Gasteiger partial charge < -0.3 is 5.32 Å². The van der Waals surface area contributed by atoms with Gasteiger partial charge in [-0.1, -0.05) is 29.8 Å². The van der Waals surface area contributed by atoms with Crippen molar-refractivity contribution in [3.8, 4) is 0 Å². The molecule has 1 heterocycles. The topological polar surface area (TPSA) is 49.4 Å². The Morgan fingerprint density at radius 1 is 1.12 bits per heavy atom. The summed E-state index contributed by atoms with van der Waals surface area (Å²) in [6, 6.07) is 11.7. The lowest BCUT2D eigenvalue weighted by Crippen LogP contribution is -2.33. The highest BCUT2D eigenvalue weighted by Gasteiger charge is 2.34. The Balaban J connectivity index is 1.72. The average molecular weight is 356 g/mol. The molecule has 0 aliphatic carbocycles. The molecule has 0 atom stereocenters. The van der Waals surface area contributed by atoms with Crippen molar-refractivity contribution in [1.82, 2.24) is 4.90 Å². The van der Waals surface area contributed by atoms with Gasteiger partial charge in [0.15, 0.2) is 0 Å². The van der Waals surface area contributed by atoms with Crippen LogP contribution < -0.4 is 5.32 Å². The SMILES string of the molecule is Cc1ccc(NCN2C(=O)SC(=Cc3ccc(F)cc3)C2=O)c(C)c1. The number of nitrogens with one attached hydrogen (secondary N) is 1. The monoisotopic (exact) mass is 356 g/mol. The lowest BCUT2D eigenvalue weighted by Gasteiger charge is -2.16. The number of imide groups is 1. The zero-order valence-corrected chi connectivity index (χ0v) is 14.7. The Morgan fingerprint density at radius 2 is 1.84 bits per heavy atom. The van der Waals surface area contributed by atoms with Crippen LogP contribution in [-0.2, 0) is 4.79 Å². The summed E-state index contributed by atoms with van der Waals surface area (Å²) in [7, 11) is 0. The summed E-state index contributed by atoms with van der Waals surface area (Å²) < 4.78 is 13.0.